The number of benzene rings is 1. The number of carbonyl (C=O) groups excluding carboxylic acids is 2. The minimum atomic E-state index is -0.703. The fourth-order valence-corrected chi connectivity index (χ4v) is 3.53. The van der Waals surface area contributed by atoms with Gasteiger partial charge in [-0.15, -0.1) is 0 Å². The summed E-state index contributed by atoms with van der Waals surface area (Å²) in [6.07, 6.45) is 3.85. The summed E-state index contributed by atoms with van der Waals surface area (Å²) < 4.78 is 13.9. The highest BCUT2D eigenvalue weighted by Gasteiger charge is 2.31. The van der Waals surface area contributed by atoms with Gasteiger partial charge >= 0.3 is 0 Å². The molecule has 2 aliphatic heterocycles. The topological polar surface area (TPSA) is 60.9 Å². The van der Waals surface area contributed by atoms with E-state index in [-0.39, 0.29) is 23.3 Å². The van der Waals surface area contributed by atoms with Crippen molar-refractivity contribution < 1.29 is 19.1 Å². The van der Waals surface area contributed by atoms with Crippen LogP contribution in [-0.4, -0.2) is 52.4 Å². The predicted octanol–water partition coefficient (Wildman–Crippen LogP) is 2.15. The first-order valence-corrected chi connectivity index (χ1v) is 8.14. The van der Waals surface area contributed by atoms with Crippen LogP contribution in [0.2, 0.25) is 0 Å². The fourth-order valence-electron chi connectivity index (χ4n) is 3.53. The molecule has 1 N–H and O–H groups in total. The lowest BCUT2D eigenvalue weighted by Crippen LogP contribution is -2.38. The molecule has 0 radical (unpaired) electrons. The second-order valence-electron chi connectivity index (χ2n) is 6.20. The Kier molecular flexibility index (Phi) is 4.50. The first-order valence-electron chi connectivity index (χ1n) is 8.14. The number of aromatic hydroxyl groups is 1. The van der Waals surface area contributed by atoms with Crippen molar-refractivity contribution in [3.63, 3.8) is 0 Å². The summed E-state index contributed by atoms with van der Waals surface area (Å²) in [5.41, 5.74) is -0.261. The van der Waals surface area contributed by atoms with Crippen molar-refractivity contribution in [2.45, 2.75) is 38.1 Å². The molecule has 0 bridgehead atoms. The van der Waals surface area contributed by atoms with Crippen LogP contribution >= 0.6 is 0 Å². The molecule has 5 nitrogen and oxygen atoms in total. The largest absolute Gasteiger partial charge is 0.507 e. The Hall–Kier alpha value is -2.11. The molecule has 0 aromatic heterocycles. The number of phenolic OH excluding ortho intramolecular Hbond substituents is 1. The number of amides is 2. The molecule has 2 heterocycles. The Balaban J connectivity index is 1.70. The number of likely N-dealkylation sites (tertiary alicyclic amines) is 2. The van der Waals surface area contributed by atoms with E-state index < -0.39 is 11.7 Å². The number of hydrogen-bond acceptors (Lipinski definition) is 3. The summed E-state index contributed by atoms with van der Waals surface area (Å²) in [5.74, 6) is -1.31. The number of hydrogen-bond donors (Lipinski definition) is 1. The molecule has 6 heteroatoms. The molecule has 23 heavy (non-hydrogen) atoms. The quantitative estimate of drug-likeness (QED) is 0.908. The van der Waals surface area contributed by atoms with E-state index in [1.54, 1.807) is 4.90 Å². The standard InChI is InChI=1S/C17H21FN2O3/c18-13-5-1-6-14(21)16(13)17(23)19-9-2-4-12(8-11-19)20-10-3-7-15(20)22/h1,5-6,12,21H,2-4,7-11H2. The van der Waals surface area contributed by atoms with E-state index in [9.17, 15) is 19.1 Å². The third kappa shape index (κ3) is 3.16. The molecule has 1 unspecified atom stereocenters. The second-order valence-corrected chi connectivity index (χ2v) is 6.20. The Morgan fingerprint density at radius 2 is 2.00 bits per heavy atom. The number of carbonyl (C=O) groups is 2. The Bertz CT molecular complexity index is 600. The third-order valence-electron chi connectivity index (χ3n) is 4.74. The zero-order valence-corrected chi connectivity index (χ0v) is 13.0. The van der Waals surface area contributed by atoms with Crippen LogP contribution in [0.1, 0.15) is 42.5 Å². The molecule has 3 rings (SSSR count). The fraction of sp³-hybridized carbons (Fsp3) is 0.529. The van der Waals surface area contributed by atoms with Crippen molar-refractivity contribution in [3.8, 4) is 5.75 Å². The van der Waals surface area contributed by atoms with Gasteiger partial charge in [0, 0.05) is 32.1 Å². The summed E-state index contributed by atoms with van der Waals surface area (Å²) in [6, 6.07) is 4.03. The van der Waals surface area contributed by atoms with E-state index in [0.717, 1.165) is 25.8 Å². The summed E-state index contributed by atoms with van der Waals surface area (Å²) in [5, 5.41) is 9.78. The van der Waals surface area contributed by atoms with Gasteiger partial charge in [-0.2, -0.15) is 0 Å². The maximum Gasteiger partial charge on any atom is 0.260 e. The highest BCUT2D eigenvalue weighted by Crippen LogP contribution is 2.26. The van der Waals surface area contributed by atoms with Crippen LogP contribution in [0.4, 0.5) is 4.39 Å². The summed E-state index contributed by atoms with van der Waals surface area (Å²) in [6.45, 7) is 1.79. The Morgan fingerprint density at radius 1 is 1.17 bits per heavy atom. The number of phenols is 1. The van der Waals surface area contributed by atoms with Crippen LogP contribution in [0.15, 0.2) is 18.2 Å². The van der Waals surface area contributed by atoms with Crippen molar-refractivity contribution in [1.29, 1.82) is 0 Å². The van der Waals surface area contributed by atoms with Crippen LogP contribution in [0.25, 0.3) is 0 Å². The maximum atomic E-state index is 13.9. The van der Waals surface area contributed by atoms with E-state index in [1.165, 1.54) is 18.2 Å². The van der Waals surface area contributed by atoms with Gasteiger partial charge in [0.25, 0.3) is 5.91 Å². The molecule has 0 spiro atoms. The molecule has 2 saturated heterocycles. The van der Waals surface area contributed by atoms with E-state index >= 15 is 0 Å². The van der Waals surface area contributed by atoms with Crippen molar-refractivity contribution in [3.05, 3.63) is 29.6 Å². The van der Waals surface area contributed by atoms with Crippen molar-refractivity contribution in [2.75, 3.05) is 19.6 Å². The van der Waals surface area contributed by atoms with Crippen LogP contribution < -0.4 is 0 Å². The first-order chi connectivity index (χ1) is 11.1. The van der Waals surface area contributed by atoms with Crippen LogP contribution in [-0.2, 0) is 4.79 Å². The van der Waals surface area contributed by atoms with E-state index in [0.29, 0.717) is 25.9 Å². The van der Waals surface area contributed by atoms with Gasteiger partial charge in [-0.25, -0.2) is 4.39 Å². The van der Waals surface area contributed by atoms with Crippen molar-refractivity contribution in [2.24, 2.45) is 0 Å². The van der Waals surface area contributed by atoms with E-state index in [4.69, 9.17) is 0 Å². The van der Waals surface area contributed by atoms with Gasteiger partial charge in [-0.05, 0) is 37.8 Å². The van der Waals surface area contributed by atoms with Gasteiger partial charge < -0.3 is 14.9 Å². The average molecular weight is 320 g/mol. The Morgan fingerprint density at radius 3 is 2.70 bits per heavy atom. The highest BCUT2D eigenvalue weighted by atomic mass is 19.1. The Labute approximate surface area is 134 Å². The highest BCUT2D eigenvalue weighted by molar-refractivity contribution is 5.97. The summed E-state index contributed by atoms with van der Waals surface area (Å²) in [4.78, 5) is 27.9. The molecule has 2 fully saturated rings. The molecular formula is C17H21FN2O3. The lowest BCUT2D eigenvalue weighted by atomic mass is 10.1. The molecule has 1 atom stereocenters. The number of nitrogens with zero attached hydrogens (tertiary/aromatic N) is 2. The third-order valence-corrected chi connectivity index (χ3v) is 4.74. The van der Waals surface area contributed by atoms with Gasteiger partial charge in [0.05, 0.1) is 0 Å². The lowest BCUT2D eigenvalue weighted by Gasteiger charge is -2.27. The second kappa shape index (κ2) is 6.56. The summed E-state index contributed by atoms with van der Waals surface area (Å²) >= 11 is 0. The molecule has 2 amide bonds. The molecule has 1 aromatic carbocycles. The van der Waals surface area contributed by atoms with Gasteiger partial charge in [0.15, 0.2) is 0 Å². The van der Waals surface area contributed by atoms with Crippen LogP contribution in [0.5, 0.6) is 5.75 Å². The minimum absolute atomic E-state index is 0.164. The van der Waals surface area contributed by atoms with Gasteiger partial charge in [0.1, 0.15) is 17.1 Å². The molecule has 0 saturated carbocycles. The van der Waals surface area contributed by atoms with E-state index in [2.05, 4.69) is 0 Å². The van der Waals surface area contributed by atoms with Gasteiger partial charge in [-0.3, -0.25) is 9.59 Å². The van der Waals surface area contributed by atoms with Gasteiger partial charge in [0.2, 0.25) is 5.91 Å². The van der Waals surface area contributed by atoms with Crippen molar-refractivity contribution in [1.82, 2.24) is 9.80 Å². The molecule has 2 aliphatic rings. The first kappa shape index (κ1) is 15.8. The van der Waals surface area contributed by atoms with Crippen LogP contribution in [0.3, 0.4) is 0 Å². The monoisotopic (exact) mass is 320 g/mol. The van der Waals surface area contributed by atoms with Gasteiger partial charge in [-0.1, -0.05) is 6.07 Å². The maximum absolute atomic E-state index is 13.9. The lowest BCUT2D eigenvalue weighted by molar-refractivity contribution is -0.129. The minimum Gasteiger partial charge on any atom is -0.507 e. The normalized spacial score (nSPS) is 22.3. The zero-order chi connectivity index (χ0) is 16.4. The van der Waals surface area contributed by atoms with Crippen LogP contribution in [0, 0.1) is 5.82 Å². The SMILES string of the molecule is O=C(c1c(O)cccc1F)N1CCCC(N2CCCC2=O)CC1. The zero-order valence-electron chi connectivity index (χ0n) is 13.0. The molecule has 124 valence electrons. The average Bonchev–Trinajstić information content (AvgIpc) is 2.80. The molecule has 1 aromatic rings. The molecule has 0 aliphatic carbocycles. The van der Waals surface area contributed by atoms with E-state index in [1.807, 2.05) is 4.90 Å². The van der Waals surface area contributed by atoms with Crippen molar-refractivity contribution >= 4 is 11.8 Å². The summed E-state index contributed by atoms with van der Waals surface area (Å²) in [7, 11) is 0. The number of rotatable bonds is 2. The number of halogens is 1. The molecular weight excluding hydrogens is 299 g/mol. The smallest absolute Gasteiger partial charge is 0.260 e. The predicted molar refractivity (Wildman–Crippen MR) is 82.6 cm³/mol.